The molecule has 6 heteroatoms. The number of ether oxygens (including phenoxy) is 1. The van der Waals surface area contributed by atoms with E-state index in [0.717, 1.165) is 17.2 Å². The quantitative estimate of drug-likeness (QED) is 0.752. The van der Waals surface area contributed by atoms with Gasteiger partial charge < -0.3 is 20.3 Å². The number of amides is 2. The van der Waals surface area contributed by atoms with Crippen molar-refractivity contribution < 1.29 is 19.2 Å². The zero-order valence-electron chi connectivity index (χ0n) is 14.2. The Morgan fingerprint density at radius 1 is 1.12 bits per heavy atom. The minimum Gasteiger partial charge on any atom is -0.457 e. The number of anilines is 1. The minimum atomic E-state index is -0.100. The van der Waals surface area contributed by atoms with Crippen LogP contribution in [0.3, 0.4) is 0 Å². The highest BCUT2D eigenvalue weighted by Crippen LogP contribution is 2.23. The van der Waals surface area contributed by atoms with Crippen LogP contribution in [0, 0.1) is 6.92 Å². The summed E-state index contributed by atoms with van der Waals surface area (Å²) in [7, 11) is 0. The molecule has 2 aromatic rings. The number of hydrogen-bond acceptors (Lipinski definition) is 3. The van der Waals surface area contributed by atoms with Gasteiger partial charge in [0.25, 0.3) is 11.8 Å². The first-order valence-corrected chi connectivity index (χ1v) is 8.33. The van der Waals surface area contributed by atoms with Crippen molar-refractivity contribution in [3.05, 3.63) is 54.1 Å². The van der Waals surface area contributed by atoms with E-state index in [9.17, 15) is 9.59 Å². The Hall–Kier alpha value is -2.86. The van der Waals surface area contributed by atoms with Crippen LogP contribution in [0.2, 0.25) is 0 Å². The summed E-state index contributed by atoms with van der Waals surface area (Å²) in [5.74, 6) is 1.37. The van der Waals surface area contributed by atoms with Crippen LogP contribution >= 0.6 is 0 Å². The number of rotatable bonds is 5. The summed E-state index contributed by atoms with van der Waals surface area (Å²) in [6.45, 7) is 4.04. The molecule has 6 nitrogen and oxygen atoms in total. The lowest BCUT2D eigenvalue weighted by Crippen LogP contribution is -3.16. The molecular formula is C19H22N3O3+. The molecule has 130 valence electrons. The monoisotopic (exact) mass is 340 g/mol. The van der Waals surface area contributed by atoms with Gasteiger partial charge in [-0.1, -0.05) is 17.7 Å². The molecule has 2 aromatic carbocycles. The number of benzene rings is 2. The third-order valence-electron chi connectivity index (χ3n) is 4.02. The van der Waals surface area contributed by atoms with Gasteiger partial charge in [0, 0.05) is 5.69 Å². The highest BCUT2D eigenvalue weighted by Gasteiger charge is 2.22. The molecule has 25 heavy (non-hydrogen) atoms. The Labute approximate surface area is 146 Å². The molecule has 0 spiro atoms. The fourth-order valence-electron chi connectivity index (χ4n) is 2.69. The van der Waals surface area contributed by atoms with Gasteiger partial charge in [0.05, 0.1) is 13.1 Å². The van der Waals surface area contributed by atoms with Crippen molar-refractivity contribution in [1.29, 1.82) is 0 Å². The van der Waals surface area contributed by atoms with Crippen molar-refractivity contribution in [2.45, 2.75) is 6.92 Å². The zero-order chi connectivity index (χ0) is 17.6. The fraction of sp³-hybridized carbons (Fsp3) is 0.263. The van der Waals surface area contributed by atoms with Gasteiger partial charge in [0.1, 0.15) is 11.5 Å². The summed E-state index contributed by atoms with van der Waals surface area (Å²) in [4.78, 5) is 24.4. The van der Waals surface area contributed by atoms with Crippen molar-refractivity contribution >= 4 is 17.5 Å². The van der Waals surface area contributed by atoms with E-state index in [4.69, 9.17) is 4.74 Å². The van der Waals surface area contributed by atoms with E-state index in [1.165, 1.54) is 5.56 Å². The molecule has 0 saturated carbocycles. The molecule has 0 aliphatic carbocycles. The van der Waals surface area contributed by atoms with Crippen LogP contribution in [0.5, 0.6) is 11.5 Å². The highest BCUT2D eigenvalue weighted by molar-refractivity contribution is 5.91. The van der Waals surface area contributed by atoms with Gasteiger partial charge in [-0.2, -0.15) is 0 Å². The Bertz CT molecular complexity index is 742. The van der Waals surface area contributed by atoms with Crippen molar-refractivity contribution in [2.75, 3.05) is 31.5 Å². The molecule has 1 fully saturated rings. The number of carbonyl (C=O) groups excluding carboxylic acids is 2. The SMILES string of the molecule is Cc1ccc(Oc2ccc(NC(=O)C[NH+]3CCNC(=O)C3)cc2)cc1. The molecule has 1 heterocycles. The van der Waals surface area contributed by atoms with Crippen LogP contribution in [0.1, 0.15) is 5.56 Å². The van der Waals surface area contributed by atoms with E-state index in [-0.39, 0.29) is 18.4 Å². The van der Waals surface area contributed by atoms with E-state index >= 15 is 0 Å². The van der Waals surface area contributed by atoms with Gasteiger partial charge in [-0.25, -0.2) is 0 Å². The maximum absolute atomic E-state index is 12.1. The molecule has 0 radical (unpaired) electrons. The van der Waals surface area contributed by atoms with Gasteiger partial charge in [-0.15, -0.1) is 0 Å². The largest absolute Gasteiger partial charge is 0.457 e. The van der Waals surface area contributed by atoms with E-state index in [1.807, 2.05) is 43.3 Å². The van der Waals surface area contributed by atoms with Crippen LogP contribution in [0.4, 0.5) is 5.69 Å². The number of nitrogens with one attached hydrogen (secondary N) is 3. The molecule has 1 saturated heterocycles. The average Bonchev–Trinajstić information content (AvgIpc) is 2.59. The Morgan fingerprint density at radius 2 is 1.76 bits per heavy atom. The first-order valence-electron chi connectivity index (χ1n) is 8.33. The predicted molar refractivity (Wildman–Crippen MR) is 94.9 cm³/mol. The number of hydrogen-bond donors (Lipinski definition) is 3. The second-order valence-electron chi connectivity index (χ2n) is 6.19. The fourth-order valence-corrected chi connectivity index (χ4v) is 2.69. The third-order valence-corrected chi connectivity index (χ3v) is 4.02. The Morgan fingerprint density at radius 3 is 2.40 bits per heavy atom. The van der Waals surface area contributed by atoms with E-state index < -0.39 is 0 Å². The smallest absolute Gasteiger partial charge is 0.279 e. The van der Waals surface area contributed by atoms with Gasteiger partial charge in [0.15, 0.2) is 13.1 Å². The topological polar surface area (TPSA) is 71.9 Å². The molecule has 1 aliphatic rings. The number of carbonyl (C=O) groups is 2. The van der Waals surface area contributed by atoms with Gasteiger partial charge >= 0.3 is 0 Å². The van der Waals surface area contributed by atoms with Crippen molar-refractivity contribution in [3.8, 4) is 11.5 Å². The number of piperazine rings is 1. The summed E-state index contributed by atoms with van der Waals surface area (Å²) in [5.41, 5.74) is 1.89. The summed E-state index contributed by atoms with van der Waals surface area (Å²) < 4.78 is 5.77. The second kappa shape index (κ2) is 7.81. The molecule has 1 unspecified atom stereocenters. The van der Waals surface area contributed by atoms with Gasteiger partial charge in [0.2, 0.25) is 0 Å². The molecular weight excluding hydrogens is 318 g/mol. The Kier molecular flexibility index (Phi) is 5.30. The number of aryl methyl sites for hydroxylation is 1. The third kappa shape index (κ3) is 5.06. The minimum absolute atomic E-state index is 0.00772. The molecule has 0 bridgehead atoms. The van der Waals surface area contributed by atoms with Crippen molar-refractivity contribution in [1.82, 2.24) is 5.32 Å². The molecule has 3 rings (SSSR count). The Balaban J connectivity index is 1.52. The van der Waals surface area contributed by atoms with Crippen LogP contribution in [-0.2, 0) is 9.59 Å². The average molecular weight is 340 g/mol. The van der Waals surface area contributed by atoms with Crippen LogP contribution < -0.4 is 20.3 Å². The first-order chi connectivity index (χ1) is 12.1. The van der Waals surface area contributed by atoms with Crippen molar-refractivity contribution in [3.63, 3.8) is 0 Å². The summed E-state index contributed by atoms with van der Waals surface area (Å²) in [5, 5.41) is 5.61. The molecule has 0 aromatic heterocycles. The lowest BCUT2D eigenvalue weighted by Gasteiger charge is -2.22. The lowest BCUT2D eigenvalue weighted by atomic mass is 10.2. The lowest BCUT2D eigenvalue weighted by molar-refractivity contribution is -0.885. The second-order valence-corrected chi connectivity index (χ2v) is 6.19. The maximum Gasteiger partial charge on any atom is 0.279 e. The number of quaternary nitrogens is 1. The van der Waals surface area contributed by atoms with Gasteiger partial charge in [-0.05, 0) is 43.3 Å². The standard InChI is InChI=1S/C19H21N3O3/c1-14-2-6-16(7-3-14)25-17-8-4-15(5-9-17)21-19(24)13-22-11-10-20-18(23)12-22/h2-9H,10-13H2,1H3,(H,20,23)(H,21,24)/p+1. The summed E-state index contributed by atoms with van der Waals surface area (Å²) >= 11 is 0. The van der Waals surface area contributed by atoms with E-state index in [2.05, 4.69) is 10.6 Å². The highest BCUT2D eigenvalue weighted by atomic mass is 16.5. The van der Waals surface area contributed by atoms with Gasteiger partial charge in [-0.3, -0.25) is 9.59 Å². The molecule has 1 atom stereocenters. The zero-order valence-corrected chi connectivity index (χ0v) is 14.2. The first kappa shape index (κ1) is 17.0. The van der Waals surface area contributed by atoms with Crippen molar-refractivity contribution in [2.24, 2.45) is 0 Å². The van der Waals surface area contributed by atoms with Crippen LogP contribution in [-0.4, -0.2) is 38.0 Å². The van der Waals surface area contributed by atoms with E-state index in [0.29, 0.717) is 24.5 Å². The predicted octanol–water partition coefficient (Wildman–Crippen LogP) is 0.741. The molecule has 1 aliphatic heterocycles. The van der Waals surface area contributed by atoms with Crippen LogP contribution in [0.15, 0.2) is 48.5 Å². The summed E-state index contributed by atoms with van der Waals surface area (Å²) in [6, 6.07) is 15.1. The van der Waals surface area contributed by atoms with Crippen LogP contribution in [0.25, 0.3) is 0 Å². The normalized spacial score (nSPS) is 16.8. The molecule has 3 N–H and O–H groups in total. The molecule has 2 amide bonds. The summed E-state index contributed by atoms with van der Waals surface area (Å²) in [6.07, 6.45) is 0. The van der Waals surface area contributed by atoms with E-state index in [1.54, 1.807) is 12.1 Å². The maximum atomic E-state index is 12.1.